The Kier molecular flexibility index (Phi) is 2.68. The Hall–Kier alpha value is -1.06. The van der Waals surface area contributed by atoms with Crippen LogP contribution in [0.4, 0.5) is 4.79 Å². The molecule has 90 valence electrons. The molecule has 0 aromatic heterocycles. The summed E-state index contributed by atoms with van der Waals surface area (Å²) in [5.74, 6) is 0.544. The second-order valence-electron chi connectivity index (χ2n) is 5.73. The predicted octanol–water partition coefficient (Wildman–Crippen LogP) is 1.83. The second-order valence-corrected chi connectivity index (χ2v) is 5.73. The summed E-state index contributed by atoms with van der Waals surface area (Å²) >= 11 is 0. The molecule has 4 nitrogen and oxygen atoms in total. The third kappa shape index (κ3) is 2.20. The summed E-state index contributed by atoms with van der Waals surface area (Å²) in [6.45, 7) is 6.26. The Morgan fingerprint density at radius 1 is 1.44 bits per heavy atom. The lowest BCUT2D eigenvalue weighted by atomic mass is 9.98. The SMILES string of the molecule is CC(C)(C)OC(=O)N1CCC(C=O)C2CC21. The van der Waals surface area contributed by atoms with E-state index in [0.29, 0.717) is 12.5 Å². The van der Waals surface area contributed by atoms with Crippen LogP contribution in [-0.2, 0) is 9.53 Å². The van der Waals surface area contributed by atoms with Gasteiger partial charge in [0.05, 0.1) is 0 Å². The van der Waals surface area contributed by atoms with Gasteiger partial charge >= 0.3 is 6.09 Å². The van der Waals surface area contributed by atoms with E-state index in [4.69, 9.17) is 4.74 Å². The molecule has 3 unspecified atom stereocenters. The van der Waals surface area contributed by atoms with Gasteiger partial charge in [-0.2, -0.15) is 0 Å². The van der Waals surface area contributed by atoms with Gasteiger partial charge in [-0.3, -0.25) is 0 Å². The van der Waals surface area contributed by atoms with Crippen LogP contribution in [0.2, 0.25) is 0 Å². The first-order valence-electron chi connectivity index (χ1n) is 5.87. The van der Waals surface area contributed by atoms with Gasteiger partial charge in [-0.05, 0) is 39.5 Å². The average molecular weight is 225 g/mol. The van der Waals surface area contributed by atoms with Gasteiger partial charge in [-0.25, -0.2) is 4.79 Å². The molecule has 0 N–H and O–H groups in total. The number of ether oxygens (including phenoxy) is 1. The number of carbonyl (C=O) groups excluding carboxylic acids is 2. The first-order valence-corrected chi connectivity index (χ1v) is 5.87. The average Bonchev–Trinajstić information content (AvgIpc) is 2.92. The van der Waals surface area contributed by atoms with Crippen molar-refractivity contribution in [1.82, 2.24) is 4.90 Å². The summed E-state index contributed by atoms with van der Waals surface area (Å²) in [5, 5.41) is 0. The van der Waals surface area contributed by atoms with Gasteiger partial charge in [0.15, 0.2) is 0 Å². The summed E-state index contributed by atoms with van der Waals surface area (Å²) in [6.07, 6.45) is 2.55. The zero-order chi connectivity index (χ0) is 11.9. The number of piperidine rings is 1. The lowest BCUT2D eigenvalue weighted by Crippen LogP contribution is -2.43. The van der Waals surface area contributed by atoms with E-state index in [0.717, 1.165) is 19.1 Å². The van der Waals surface area contributed by atoms with E-state index in [1.165, 1.54) is 0 Å². The van der Waals surface area contributed by atoms with E-state index in [-0.39, 0.29) is 18.1 Å². The molecule has 0 bridgehead atoms. The monoisotopic (exact) mass is 225 g/mol. The predicted molar refractivity (Wildman–Crippen MR) is 59.0 cm³/mol. The van der Waals surface area contributed by atoms with E-state index >= 15 is 0 Å². The van der Waals surface area contributed by atoms with Crippen LogP contribution >= 0.6 is 0 Å². The minimum absolute atomic E-state index is 0.156. The topological polar surface area (TPSA) is 46.6 Å². The Bertz CT molecular complexity index is 308. The molecule has 2 aliphatic rings. The Morgan fingerprint density at radius 3 is 2.69 bits per heavy atom. The zero-order valence-corrected chi connectivity index (χ0v) is 10.1. The lowest BCUT2D eigenvalue weighted by Gasteiger charge is -2.31. The number of carbonyl (C=O) groups is 2. The van der Waals surface area contributed by atoms with Crippen LogP contribution in [0.5, 0.6) is 0 Å². The van der Waals surface area contributed by atoms with Gasteiger partial charge in [0, 0.05) is 18.5 Å². The minimum atomic E-state index is -0.441. The molecule has 1 aliphatic carbocycles. The first-order chi connectivity index (χ1) is 7.42. The standard InChI is InChI=1S/C12H19NO3/c1-12(2,3)16-11(15)13-5-4-8(7-14)9-6-10(9)13/h7-10H,4-6H2,1-3H3. The molecular weight excluding hydrogens is 206 g/mol. The molecule has 1 saturated carbocycles. The molecule has 1 aliphatic heterocycles. The zero-order valence-electron chi connectivity index (χ0n) is 10.1. The van der Waals surface area contributed by atoms with Gasteiger partial charge in [0.2, 0.25) is 0 Å². The summed E-state index contributed by atoms with van der Waals surface area (Å²) in [4.78, 5) is 24.4. The fourth-order valence-corrected chi connectivity index (χ4v) is 2.40. The van der Waals surface area contributed by atoms with Crippen LogP contribution in [0.25, 0.3) is 0 Å². The highest BCUT2D eigenvalue weighted by Gasteiger charge is 2.52. The second kappa shape index (κ2) is 3.75. The summed E-state index contributed by atoms with van der Waals surface area (Å²) < 4.78 is 5.34. The van der Waals surface area contributed by atoms with Crippen molar-refractivity contribution in [3.05, 3.63) is 0 Å². The minimum Gasteiger partial charge on any atom is -0.444 e. The fourth-order valence-electron chi connectivity index (χ4n) is 2.40. The maximum absolute atomic E-state index is 11.9. The highest BCUT2D eigenvalue weighted by atomic mass is 16.6. The van der Waals surface area contributed by atoms with Gasteiger partial charge < -0.3 is 14.4 Å². The van der Waals surface area contributed by atoms with Crippen molar-refractivity contribution < 1.29 is 14.3 Å². The summed E-state index contributed by atoms with van der Waals surface area (Å²) in [6, 6.07) is 0.249. The van der Waals surface area contributed by atoms with Crippen molar-refractivity contribution in [3.63, 3.8) is 0 Å². The van der Waals surface area contributed by atoms with E-state index in [1.54, 1.807) is 4.90 Å². The van der Waals surface area contributed by atoms with Crippen LogP contribution < -0.4 is 0 Å². The van der Waals surface area contributed by atoms with Gasteiger partial charge in [-0.1, -0.05) is 0 Å². The summed E-state index contributed by atoms with van der Waals surface area (Å²) in [5.41, 5.74) is -0.441. The molecule has 0 aromatic carbocycles. The smallest absolute Gasteiger partial charge is 0.410 e. The van der Waals surface area contributed by atoms with Gasteiger partial charge in [0.25, 0.3) is 0 Å². The molecule has 3 atom stereocenters. The highest BCUT2D eigenvalue weighted by Crippen LogP contribution is 2.46. The number of amides is 1. The van der Waals surface area contributed by atoms with Crippen LogP contribution in [0.1, 0.15) is 33.6 Å². The Balaban J connectivity index is 1.93. The van der Waals surface area contributed by atoms with Crippen LogP contribution in [0, 0.1) is 11.8 Å². The molecule has 2 fully saturated rings. The third-order valence-corrected chi connectivity index (χ3v) is 3.26. The van der Waals surface area contributed by atoms with Crippen LogP contribution in [0.3, 0.4) is 0 Å². The normalized spacial score (nSPS) is 32.9. The van der Waals surface area contributed by atoms with Crippen molar-refractivity contribution in [2.75, 3.05) is 6.54 Å². The maximum atomic E-state index is 11.9. The van der Waals surface area contributed by atoms with E-state index < -0.39 is 5.60 Å². The Labute approximate surface area is 95.9 Å². The number of likely N-dealkylation sites (tertiary alicyclic amines) is 1. The Morgan fingerprint density at radius 2 is 2.12 bits per heavy atom. The van der Waals surface area contributed by atoms with Crippen molar-refractivity contribution in [2.45, 2.75) is 45.3 Å². The quantitative estimate of drug-likeness (QED) is 0.640. The van der Waals surface area contributed by atoms with E-state index in [1.807, 2.05) is 20.8 Å². The number of hydrogen-bond acceptors (Lipinski definition) is 3. The first kappa shape index (κ1) is 11.4. The molecule has 2 rings (SSSR count). The number of hydrogen-bond donors (Lipinski definition) is 0. The van der Waals surface area contributed by atoms with Gasteiger partial charge in [-0.15, -0.1) is 0 Å². The van der Waals surface area contributed by atoms with Crippen LogP contribution in [-0.4, -0.2) is 35.5 Å². The van der Waals surface area contributed by atoms with Crippen molar-refractivity contribution in [1.29, 1.82) is 0 Å². The van der Waals surface area contributed by atoms with Crippen molar-refractivity contribution >= 4 is 12.4 Å². The number of nitrogens with zero attached hydrogens (tertiary/aromatic N) is 1. The molecule has 1 heterocycles. The number of fused-ring (bicyclic) bond motifs is 1. The maximum Gasteiger partial charge on any atom is 0.410 e. The van der Waals surface area contributed by atoms with Crippen LogP contribution in [0.15, 0.2) is 0 Å². The number of aldehydes is 1. The van der Waals surface area contributed by atoms with Gasteiger partial charge in [0.1, 0.15) is 11.9 Å². The third-order valence-electron chi connectivity index (χ3n) is 3.26. The largest absolute Gasteiger partial charge is 0.444 e. The molecule has 4 heteroatoms. The lowest BCUT2D eigenvalue weighted by molar-refractivity contribution is -0.112. The molecular formula is C12H19NO3. The molecule has 0 spiro atoms. The van der Waals surface area contributed by atoms with Crippen molar-refractivity contribution in [3.8, 4) is 0 Å². The summed E-state index contributed by atoms with van der Waals surface area (Å²) in [7, 11) is 0. The van der Waals surface area contributed by atoms with Crippen molar-refractivity contribution in [2.24, 2.45) is 11.8 Å². The van der Waals surface area contributed by atoms with E-state index in [2.05, 4.69) is 0 Å². The molecule has 16 heavy (non-hydrogen) atoms. The van der Waals surface area contributed by atoms with E-state index in [9.17, 15) is 9.59 Å². The molecule has 0 radical (unpaired) electrons. The molecule has 1 amide bonds. The fraction of sp³-hybridized carbons (Fsp3) is 0.833. The molecule has 1 saturated heterocycles. The number of rotatable bonds is 1. The molecule has 0 aromatic rings. The highest BCUT2D eigenvalue weighted by molar-refractivity contribution is 5.70.